The molecular formula is C23H22BrClN4O3. The fourth-order valence-corrected chi connectivity index (χ4v) is 3.84. The highest BCUT2D eigenvalue weighted by atomic mass is 79.9. The second kappa shape index (κ2) is 9.75. The van der Waals surface area contributed by atoms with Gasteiger partial charge in [-0.2, -0.15) is 5.10 Å². The Labute approximate surface area is 199 Å². The lowest BCUT2D eigenvalue weighted by Gasteiger charge is -2.12. The van der Waals surface area contributed by atoms with E-state index in [1.54, 1.807) is 7.11 Å². The molecule has 0 saturated carbocycles. The zero-order chi connectivity index (χ0) is 22.7. The van der Waals surface area contributed by atoms with E-state index in [2.05, 4.69) is 31.2 Å². The Kier molecular flexibility index (Phi) is 6.81. The largest absolute Gasteiger partial charge is 0.496 e. The summed E-state index contributed by atoms with van der Waals surface area (Å²) in [5.74, 6) is 2.45. The molecule has 4 aromatic rings. The van der Waals surface area contributed by atoms with Crippen molar-refractivity contribution in [1.82, 2.24) is 20.0 Å². The van der Waals surface area contributed by atoms with E-state index in [0.29, 0.717) is 36.4 Å². The van der Waals surface area contributed by atoms with E-state index in [4.69, 9.17) is 25.5 Å². The number of para-hydroxylation sites is 1. The summed E-state index contributed by atoms with van der Waals surface area (Å²) in [5, 5.41) is 13.5. The smallest absolute Gasteiger partial charge is 0.247 e. The molecule has 0 bridgehead atoms. The molecule has 4 rings (SSSR count). The van der Waals surface area contributed by atoms with Crippen LogP contribution >= 0.6 is 27.5 Å². The molecule has 0 saturated heterocycles. The molecule has 0 spiro atoms. The quantitative estimate of drug-likeness (QED) is 0.294. The highest BCUT2D eigenvalue weighted by Crippen LogP contribution is 2.29. The van der Waals surface area contributed by atoms with Crippen LogP contribution in [0.5, 0.6) is 11.5 Å². The van der Waals surface area contributed by atoms with Gasteiger partial charge in [0.15, 0.2) is 0 Å². The first-order valence-electron chi connectivity index (χ1n) is 10.0. The highest BCUT2D eigenvalue weighted by molar-refractivity contribution is 9.10. The molecular weight excluding hydrogens is 496 g/mol. The molecule has 2 aromatic carbocycles. The molecule has 2 heterocycles. The summed E-state index contributed by atoms with van der Waals surface area (Å²) < 4.78 is 20.1. The van der Waals surface area contributed by atoms with Crippen LogP contribution in [0.15, 0.2) is 51.4 Å². The maximum atomic E-state index is 6.22. The molecule has 0 unspecified atom stereocenters. The fourth-order valence-electron chi connectivity index (χ4n) is 3.31. The Bertz CT molecular complexity index is 1240. The standard InChI is InChI=1S/C23H22BrClN4O3/c1-14-22(25)15(2)29(28-14)11-10-21-26-27-23(32-21)16-8-9-19(30-3)17(12-16)13-31-20-7-5-4-6-18(20)24/h4-9,12H,10-11,13H2,1-3H3. The number of aromatic nitrogens is 4. The lowest BCUT2D eigenvalue weighted by molar-refractivity contribution is 0.295. The third kappa shape index (κ3) is 4.81. The van der Waals surface area contributed by atoms with E-state index in [1.807, 2.05) is 61.0 Å². The molecule has 0 amide bonds. The van der Waals surface area contributed by atoms with E-state index < -0.39 is 0 Å². The van der Waals surface area contributed by atoms with Gasteiger partial charge in [0.25, 0.3) is 0 Å². The minimum absolute atomic E-state index is 0.333. The predicted octanol–water partition coefficient (Wildman–Crippen LogP) is 5.80. The van der Waals surface area contributed by atoms with E-state index in [0.717, 1.165) is 38.5 Å². The van der Waals surface area contributed by atoms with Gasteiger partial charge in [0.2, 0.25) is 11.8 Å². The van der Waals surface area contributed by atoms with Gasteiger partial charge in [-0.3, -0.25) is 4.68 Å². The summed E-state index contributed by atoms with van der Waals surface area (Å²) in [4.78, 5) is 0. The van der Waals surface area contributed by atoms with E-state index in [9.17, 15) is 0 Å². The van der Waals surface area contributed by atoms with Crippen LogP contribution in [0.1, 0.15) is 22.8 Å². The first-order valence-corrected chi connectivity index (χ1v) is 11.2. The maximum Gasteiger partial charge on any atom is 0.247 e. The summed E-state index contributed by atoms with van der Waals surface area (Å²) >= 11 is 9.72. The van der Waals surface area contributed by atoms with E-state index in [1.165, 1.54) is 0 Å². The Morgan fingerprint density at radius 3 is 2.62 bits per heavy atom. The SMILES string of the molecule is COc1ccc(-c2nnc(CCn3nc(C)c(Cl)c3C)o2)cc1COc1ccccc1Br. The molecule has 0 atom stereocenters. The molecule has 0 fully saturated rings. The summed E-state index contributed by atoms with van der Waals surface area (Å²) in [5.41, 5.74) is 3.40. The molecule has 0 radical (unpaired) electrons. The first-order chi connectivity index (χ1) is 15.5. The van der Waals surface area contributed by atoms with Gasteiger partial charge in [-0.1, -0.05) is 23.7 Å². The van der Waals surface area contributed by atoms with Crippen molar-refractivity contribution >= 4 is 27.5 Å². The number of hydrogen-bond acceptors (Lipinski definition) is 6. The van der Waals surface area contributed by atoms with Crippen molar-refractivity contribution in [3.63, 3.8) is 0 Å². The van der Waals surface area contributed by atoms with Crippen LogP contribution in [0.2, 0.25) is 5.02 Å². The average Bonchev–Trinajstić information content (AvgIpc) is 3.37. The lowest BCUT2D eigenvalue weighted by Crippen LogP contribution is -2.05. The van der Waals surface area contributed by atoms with Crippen molar-refractivity contribution in [3.05, 3.63) is 74.8 Å². The molecule has 0 N–H and O–H groups in total. The molecule has 0 aliphatic carbocycles. The van der Waals surface area contributed by atoms with Gasteiger partial charge in [-0.25, -0.2) is 0 Å². The van der Waals surface area contributed by atoms with Gasteiger partial charge in [-0.15, -0.1) is 10.2 Å². The van der Waals surface area contributed by atoms with Gasteiger partial charge >= 0.3 is 0 Å². The molecule has 166 valence electrons. The van der Waals surface area contributed by atoms with Gasteiger partial charge in [0.1, 0.15) is 18.1 Å². The fraction of sp³-hybridized carbons (Fsp3) is 0.261. The average molecular weight is 518 g/mol. The number of ether oxygens (including phenoxy) is 2. The Hall–Kier alpha value is -2.84. The molecule has 32 heavy (non-hydrogen) atoms. The molecule has 9 heteroatoms. The van der Waals surface area contributed by atoms with Crippen molar-refractivity contribution < 1.29 is 13.9 Å². The topological polar surface area (TPSA) is 75.2 Å². The van der Waals surface area contributed by atoms with Crippen LogP contribution in [-0.2, 0) is 19.6 Å². The van der Waals surface area contributed by atoms with Crippen molar-refractivity contribution in [3.8, 4) is 23.0 Å². The van der Waals surface area contributed by atoms with E-state index in [-0.39, 0.29) is 0 Å². The van der Waals surface area contributed by atoms with Crippen LogP contribution < -0.4 is 9.47 Å². The number of benzene rings is 2. The number of nitrogens with zero attached hydrogens (tertiary/aromatic N) is 4. The zero-order valence-corrected chi connectivity index (χ0v) is 20.3. The second-order valence-electron chi connectivity index (χ2n) is 7.20. The Balaban J connectivity index is 1.49. The molecule has 2 aromatic heterocycles. The molecule has 0 aliphatic heterocycles. The first kappa shape index (κ1) is 22.4. The van der Waals surface area contributed by atoms with Crippen molar-refractivity contribution in [2.45, 2.75) is 33.4 Å². The van der Waals surface area contributed by atoms with Gasteiger partial charge in [-0.05, 0) is 60.1 Å². The molecule has 7 nitrogen and oxygen atoms in total. The number of hydrogen-bond donors (Lipinski definition) is 0. The number of aryl methyl sites for hydroxylation is 3. The third-order valence-corrected chi connectivity index (χ3v) is 6.25. The lowest BCUT2D eigenvalue weighted by atomic mass is 10.1. The second-order valence-corrected chi connectivity index (χ2v) is 8.44. The maximum absolute atomic E-state index is 6.22. The summed E-state index contributed by atoms with van der Waals surface area (Å²) in [7, 11) is 1.63. The monoisotopic (exact) mass is 516 g/mol. The zero-order valence-electron chi connectivity index (χ0n) is 17.9. The number of rotatable bonds is 8. The minimum Gasteiger partial charge on any atom is -0.496 e. The van der Waals surface area contributed by atoms with Crippen LogP contribution in [0.3, 0.4) is 0 Å². The van der Waals surface area contributed by atoms with Gasteiger partial charge < -0.3 is 13.9 Å². The summed E-state index contributed by atoms with van der Waals surface area (Å²) in [6, 6.07) is 13.4. The van der Waals surface area contributed by atoms with Crippen LogP contribution in [0, 0.1) is 13.8 Å². The summed E-state index contributed by atoms with van der Waals surface area (Å²) in [6.45, 7) is 4.77. The molecule has 0 aliphatic rings. The normalized spacial score (nSPS) is 11.0. The third-order valence-electron chi connectivity index (χ3n) is 5.04. The van der Waals surface area contributed by atoms with Crippen molar-refractivity contribution in [1.29, 1.82) is 0 Å². The summed E-state index contributed by atoms with van der Waals surface area (Å²) in [6.07, 6.45) is 0.555. The van der Waals surface area contributed by atoms with Gasteiger partial charge in [0, 0.05) is 24.1 Å². The van der Waals surface area contributed by atoms with Crippen molar-refractivity contribution in [2.75, 3.05) is 7.11 Å². The Morgan fingerprint density at radius 1 is 1.09 bits per heavy atom. The van der Waals surface area contributed by atoms with Gasteiger partial charge in [0.05, 0.1) is 28.0 Å². The van der Waals surface area contributed by atoms with Crippen LogP contribution in [0.4, 0.5) is 0 Å². The van der Waals surface area contributed by atoms with Crippen LogP contribution in [-0.4, -0.2) is 27.1 Å². The van der Waals surface area contributed by atoms with E-state index >= 15 is 0 Å². The highest BCUT2D eigenvalue weighted by Gasteiger charge is 2.14. The number of methoxy groups -OCH3 is 1. The van der Waals surface area contributed by atoms with Crippen molar-refractivity contribution in [2.24, 2.45) is 0 Å². The predicted molar refractivity (Wildman–Crippen MR) is 125 cm³/mol. The Morgan fingerprint density at radius 2 is 1.91 bits per heavy atom. The van der Waals surface area contributed by atoms with Crippen LogP contribution in [0.25, 0.3) is 11.5 Å². The minimum atomic E-state index is 0.333. The number of halogens is 2.